The maximum atomic E-state index is 11.5. The Morgan fingerprint density at radius 1 is 1.10 bits per heavy atom. The molecular weight excluding hydrogens is 348 g/mol. The molecule has 21 heavy (non-hydrogen) atoms. The first-order valence-electron chi connectivity index (χ1n) is 7.39. The molecule has 0 radical (unpaired) electrons. The summed E-state index contributed by atoms with van der Waals surface area (Å²) in [5.74, 6) is 0.135. The number of halogens is 1. The van der Waals surface area contributed by atoms with Crippen molar-refractivity contribution in [3.8, 4) is 0 Å². The molecule has 1 atom stereocenters. The molecule has 0 amide bonds. The fourth-order valence-electron chi connectivity index (χ4n) is 3.16. The number of fused-ring (bicyclic) bond motifs is 1. The first-order chi connectivity index (χ1) is 9.42. The summed E-state index contributed by atoms with van der Waals surface area (Å²) >= 11 is 3.54. The van der Waals surface area contributed by atoms with E-state index in [1.165, 1.54) is 23.8 Å². The summed E-state index contributed by atoms with van der Waals surface area (Å²) < 4.78 is 23.0. The van der Waals surface area contributed by atoms with Crippen LogP contribution in [0.15, 0.2) is 18.2 Å². The second kappa shape index (κ2) is 5.38. The van der Waals surface area contributed by atoms with Crippen LogP contribution in [0, 0.1) is 0 Å². The monoisotopic (exact) mass is 372 g/mol. The van der Waals surface area contributed by atoms with E-state index in [0.29, 0.717) is 0 Å². The van der Waals surface area contributed by atoms with Crippen molar-refractivity contribution in [1.29, 1.82) is 0 Å². The van der Waals surface area contributed by atoms with Crippen molar-refractivity contribution >= 4 is 25.8 Å². The summed E-state index contributed by atoms with van der Waals surface area (Å²) in [7, 11) is -2.99. The molecule has 0 heterocycles. The zero-order valence-corrected chi connectivity index (χ0v) is 15.9. The van der Waals surface area contributed by atoms with Gasteiger partial charge in [-0.15, -0.1) is 0 Å². The van der Waals surface area contributed by atoms with Gasteiger partial charge in [-0.25, -0.2) is 8.42 Å². The smallest absolute Gasteiger partial charge is 0.148 e. The molecule has 0 fully saturated rings. The zero-order chi connectivity index (χ0) is 16.1. The number of benzene rings is 1. The van der Waals surface area contributed by atoms with Crippen LogP contribution in [0.4, 0.5) is 0 Å². The average Bonchev–Trinajstić information content (AvgIpc) is 2.33. The predicted molar refractivity (Wildman–Crippen MR) is 93.1 cm³/mol. The fraction of sp³-hybridized carbons (Fsp3) is 0.647. The van der Waals surface area contributed by atoms with Gasteiger partial charge in [0.15, 0.2) is 0 Å². The van der Waals surface area contributed by atoms with Crippen LogP contribution in [0.3, 0.4) is 0 Å². The van der Waals surface area contributed by atoms with Crippen LogP contribution in [0.25, 0.3) is 0 Å². The molecule has 0 saturated heterocycles. The molecule has 1 aromatic carbocycles. The van der Waals surface area contributed by atoms with Gasteiger partial charge in [-0.1, -0.05) is 61.8 Å². The molecule has 0 spiro atoms. The summed E-state index contributed by atoms with van der Waals surface area (Å²) in [6, 6.07) is 6.48. The molecule has 1 aliphatic rings. The maximum Gasteiger partial charge on any atom is 0.148 e. The zero-order valence-electron chi connectivity index (χ0n) is 13.5. The minimum atomic E-state index is -2.99. The molecule has 4 heteroatoms. The van der Waals surface area contributed by atoms with Crippen LogP contribution in [-0.4, -0.2) is 20.4 Å². The van der Waals surface area contributed by atoms with Gasteiger partial charge in [0.1, 0.15) is 9.84 Å². The Balaban J connectivity index is 2.46. The number of hydrogen-bond acceptors (Lipinski definition) is 2. The van der Waals surface area contributed by atoms with Gasteiger partial charge in [0.25, 0.3) is 0 Å². The van der Waals surface area contributed by atoms with Crippen molar-refractivity contribution in [2.75, 3.05) is 12.0 Å². The topological polar surface area (TPSA) is 34.1 Å². The third-order valence-electron chi connectivity index (χ3n) is 4.69. The maximum absolute atomic E-state index is 11.5. The number of alkyl halides is 1. The Hall–Kier alpha value is -0.350. The molecule has 1 aromatic rings. The van der Waals surface area contributed by atoms with Crippen LogP contribution in [0.1, 0.15) is 62.1 Å². The van der Waals surface area contributed by atoms with E-state index in [1.807, 2.05) is 0 Å². The Bertz CT molecular complexity index is 645. The van der Waals surface area contributed by atoms with E-state index in [9.17, 15) is 8.42 Å². The van der Waals surface area contributed by atoms with Crippen LogP contribution in [0.5, 0.6) is 0 Å². The van der Waals surface area contributed by atoms with Crippen LogP contribution < -0.4 is 0 Å². The summed E-state index contributed by atoms with van der Waals surface area (Å²) in [5, 5.41) is 0. The van der Waals surface area contributed by atoms with E-state index < -0.39 is 9.84 Å². The second-order valence-corrected chi connectivity index (χ2v) is 10.9. The van der Waals surface area contributed by atoms with E-state index in [2.05, 4.69) is 61.8 Å². The highest BCUT2D eigenvalue weighted by Gasteiger charge is 2.37. The molecule has 0 aliphatic heterocycles. The second-order valence-electron chi connectivity index (χ2n) is 7.63. The Morgan fingerprint density at radius 3 is 2.14 bits per heavy atom. The van der Waals surface area contributed by atoms with Crippen LogP contribution in [0.2, 0.25) is 0 Å². The molecule has 118 valence electrons. The SMILES string of the molecule is CC1(C)CCC(C)(C)c2cc(C(Br)CS(C)(=O)=O)ccc21. The highest BCUT2D eigenvalue weighted by Crippen LogP contribution is 2.46. The van der Waals surface area contributed by atoms with Crippen molar-refractivity contribution < 1.29 is 8.42 Å². The molecule has 2 nitrogen and oxygen atoms in total. The quantitative estimate of drug-likeness (QED) is 0.731. The number of sulfone groups is 1. The van der Waals surface area contributed by atoms with Gasteiger partial charge in [-0.3, -0.25) is 0 Å². The third-order valence-corrected chi connectivity index (χ3v) is 6.91. The minimum Gasteiger partial charge on any atom is -0.229 e. The summed E-state index contributed by atoms with van der Waals surface area (Å²) in [6.07, 6.45) is 3.63. The van der Waals surface area contributed by atoms with Gasteiger partial charge in [0, 0.05) is 6.26 Å². The van der Waals surface area contributed by atoms with Crippen LogP contribution >= 0.6 is 15.9 Å². The Morgan fingerprint density at radius 2 is 1.62 bits per heavy atom. The summed E-state index contributed by atoms with van der Waals surface area (Å²) in [5.41, 5.74) is 4.18. The standard InChI is InChI=1S/C17H25BrO2S/c1-16(2)8-9-17(3,4)14-10-12(6-7-13(14)16)15(18)11-21(5,19)20/h6-7,10,15H,8-9,11H2,1-5H3. The molecule has 1 unspecified atom stereocenters. The first kappa shape index (κ1) is 17.0. The molecule has 0 saturated carbocycles. The van der Waals surface area contributed by atoms with E-state index >= 15 is 0 Å². The van der Waals surface area contributed by atoms with E-state index in [0.717, 1.165) is 12.0 Å². The minimum absolute atomic E-state index is 0.135. The summed E-state index contributed by atoms with van der Waals surface area (Å²) in [6.45, 7) is 9.15. The lowest BCUT2D eigenvalue weighted by Crippen LogP contribution is -2.34. The molecule has 0 bridgehead atoms. The highest BCUT2D eigenvalue weighted by molar-refractivity contribution is 9.09. The van der Waals surface area contributed by atoms with Crippen molar-refractivity contribution in [3.05, 3.63) is 34.9 Å². The lowest BCUT2D eigenvalue weighted by molar-refractivity contribution is 0.331. The van der Waals surface area contributed by atoms with Gasteiger partial charge in [0.2, 0.25) is 0 Å². The van der Waals surface area contributed by atoms with Gasteiger partial charge in [-0.05, 0) is 40.4 Å². The van der Waals surface area contributed by atoms with Gasteiger partial charge in [-0.2, -0.15) is 0 Å². The fourth-order valence-corrected chi connectivity index (χ4v) is 5.61. The highest BCUT2D eigenvalue weighted by atomic mass is 79.9. The van der Waals surface area contributed by atoms with Gasteiger partial charge in [0.05, 0.1) is 10.6 Å². The van der Waals surface area contributed by atoms with E-state index in [-0.39, 0.29) is 21.4 Å². The Labute approximate surface area is 137 Å². The normalized spacial score (nSPS) is 21.6. The van der Waals surface area contributed by atoms with Crippen molar-refractivity contribution in [1.82, 2.24) is 0 Å². The lowest BCUT2D eigenvalue weighted by atomic mass is 9.63. The van der Waals surface area contributed by atoms with Crippen molar-refractivity contribution in [2.45, 2.75) is 56.2 Å². The van der Waals surface area contributed by atoms with Crippen molar-refractivity contribution in [2.24, 2.45) is 0 Å². The van der Waals surface area contributed by atoms with Crippen LogP contribution in [-0.2, 0) is 20.7 Å². The largest absolute Gasteiger partial charge is 0.229 e. The third kappa shape index (κ3) is 3.70. The average molecular weight is 373 g/mol. The van der Waals surface area contributed by atoms with Crippen molar-refractivity contribution in [3.63, 3.8) is 0 Å². The number of rotatable bonds is 3. The van der Waals surface area contributed by atoms with Gasteiger partial charge >= 0.3 is 0 Å². The predicted octanol–water partition coefficient (Wildman–Crippen LogP) is 4.52. The molecule has 1 aliphatic carbocycles. The summed E-state index contributed by atoms with van der Waals surface area (Å²) in [4.78, 5) is -0.140. The molecular formula is C17H25BrO2S. The molecule has 0 N–H and O–H groups in total. The molecule has 2 rings (SSSR count). The first-order valence-corrected chi connectivity index (χ1v) is 10.4. The Kier molecular flexibility index (Phi) is 4.36. The van der Waals surface area contributed by atoms with E-state index in [4.69, 9.17) is 0 Å². The van der Waals surface area contributed by atoms with Gasteiger partial charge < -0.3 is 0 Å². The lowest BCUT2D eigenvalue weighted by Gasteiger charge is -2.42. The number of hydrogen-bond donors (Lipinski definition) is 0. The van der Waals surface area contributed by atoms with E-state index in [1.54, 1.807) is 0 Å². The molecule has 0 aromatic heterocycles.